The number of rotatable bonds is 4. The summed E-state index contributed by atoms with van der Waals surface area (Å²) >= 11 is 0. The van der Waals surface area contributed by atoms with E-state index in [4.69, 9.17) is 0 Å². The van der Waals surface area contributed by atoms with Crippen LogP contribution in [0.3, 0.4) is 0 Å². The van der Waals surface area contributed by atoms with E-state index in [2.05, 4.69) is 20.5 Å². The quantitative estimate of drug-likeness (QED) is 0.606. The number of anilines is 1. The molecule has 0 aromatic carbocycles. The lowest BCUT2D eigenvalue weighted by atomic mass is 10.0. The summed E-state index contributed by atoms with van der Waals surface area (Å²) in [6, 6.07) is 5.96. The van der Waals surface area contributed by atoms with Crippen molar-refractivity contribution in [3.8, 4) is 11.3 Å². The SMILES string of the molecule is CN1C(=O)C2=C(C1=O)N(CC(=O)Nc1ccc(-c3ccc(F)nc3)nn1)CCC2. The first-order valence-corrected chi connectivity index (χ1v) is 9.00. The van der Waals surface area contributed by atoms with Crippen LogP contribution in [0.25, 0.3) is 11.3 Å². The molecule has 9 nitrogen and oxygen atoms in total. The van der Waals surface area contributed by atoms with Crippen molar-refractivity contribution in [1.29, 1.82) is 0 Å². The number of likely N-dealkylation sites (N-methyl/N-ethyl adjacent to an activating group) is 1. The van der Waals surface area contributed by atoms with Gasteiger partial charge in [0.1, 0.15) is 5.70 Å². The Morgan fingerprint density at radius 3 is 2.69 bits per heavy atom. The monoisotopic (exact) mass is 396 g/mol. The fraction of sp³-hybridized carbons (Fsp3) is 0.263. The molecule has 3 amide bonds. The molecule has 4 rings (SSSR count). The molecule has 0 bridgehead atoms. The molecular formula is C19H17FN6O3. The molecule has 2 aliphatic rings. The molecular weight excluding hydrogens is 379 g/mol. The van der Waals surface area contributed by atoms with Crippen molar-refractivity contribution >= 4 is 23.5 Å². The number of nitrogens with one attached hydrogen (secondary N) is 1. The maximum atomic E-state index is 12.9. The average molecular weight is 396 g/mol. The molecule has 0 saturated heterocycles. The molecule has 10 heteroatoms. The highest BCUT2D eigenvalue weighted by Gasteiger charge is 2.40. The van der Waals surface area contributed by atoms with Crippen LogP contribution in [0, 0.1) is 5.95 Å². The van der Waals surface area contributed by atoms with Crippen molar-refractivity contribution < 1.29 is 18.8 Å². The Labute approximate surface area is 165 Å². The third-order valence-corrected chi connectivity index (χ3v) is 4.82. The van der Waals surface area contributed by atoms with Crippen LogP contribution in [0.2, 0.25) is 0 Å². The number of carbonyl (C=O) groups is 3. The van der Waals surface area contributed by atoms with Gasteiger partial charge in [0.15, 0.2) is 5.82 Å². The van der Waals surface area contributed by atoms with Gasteiger partial charge in [0.05, 0.1) is 12.2 Å². The Bertz CT molecular complexity index is 1020. The molecule has 148 valence electrons. The first-order valence-electron chi connectivity index (χ1n) is 9.00. The lowest BCUT2D eigenvalue weighted by Crippen LogP contribution is -2.38. The van der Waals surface area contributed by atoms with Gasteiger partial charge in [-0.25, -0.2) is 4.98 Å². The highest BCUT2D eigenvalue weighted by atomic mass is 19.1. The van der Waals surface area contributed by atoms with Gasteiger partial charge in [0.25, 0.3) is 11.8 Å². The van der Waals surface area contributed by atoms with Gasteiger partial charge in [0, 0.05) is 30.9 Å². The molecule has 29 heavy (non-hydrogen) atoms. The largest absolute Gasteiger partial charge is 0.357 e. The Kier molecular flexibility index (Phi) is 4.75. The van der Waals surface area contributed by atoms with E-state index in [1.807, 2.05) is 0 Å². The number of pyridine rings is 1. The van der Waals surface area contributed by atoms with Crippen molar-refractivity contribution in [3.63, 3.8) is 0 Å². The number of amides is 3. The summed E-state index contributed by atoms with van der Waals surface area (Å²) < 4.78 is 12.9. The second kappa shape index (κ2) is 7.38. The summed E-state index contributed by atoms with van der Waals surface area (Å²) in [6.45, 7) is 0.443. The van der Waals surface area contributed by atoms with Crippen LogP contribution in [0.5, 0.6) is 0 Å². The summed E-state index contributed by atoms with van der Waals surface area (Å²) in [4.78, 5) is 43.1. The fourth-order valence-corrected chi connectivity index (χ4v) is 3.39. The van der Waals surface area contributed by atoms with Crippen LogP contribution in [0.1, 0.15) is 12.8 Å². The zero-order valence-electron chi connectivity index (χ0n) is 15.6. The Morgan fingerprint density at radius 2 is 2.00 bits per heavy atom. The number of hydrogen-bond donors (Lipinski definition) is 1. The summed E-state index contributed by atoms with van der Waals surface area (Å²) in [6.07, 6.45) is 2.57. The predicted octanol–water partition coefficient (Wildman–Crippen LogP) is 0.965. The summed E-state index contributed by atoms with van der Waals surface area (Å²) in [5, 5.41) is 10.6. The highest BCUT2D eigenvalue weighted by Crippen LogP contribution is 2.30. The van der Waals surface area contributed by atoms with Crippen LogP contribution in [-0.4, -0.2) is 62.8 Å². The molecule has 0 radical (unpaired) electrons. The van der Waals surface area contributed by atoms with E-state index in [-0.39, 0.29) is 30.1 Å². The molecule has 0 aliphatic carbocycles. The number of nitrogens with zero attached hydrogens (tertiary/aromatic N) is 5. The van der Waals surface area contributed by atoms with E-state index in [9.17, 15) is 18.8 Å². The Hall–Kier alpha value is -3.69. The summed E-state index contributed by atoms with van der Waals surface area (Å²) in [7, 11) is 1.44. The van der Waals surface area contributed by atoms with Gasteiger partial charge in [-0.1, -0.05) is 0 Å². The topological polar surface area (TPSA) is 108 Å². The van der Waals surface area contributed by atoms with Crippen molar-refractivity contribution in [2.75, 3.05) is 25.5 Å². The molecule has 2 aliphatic heterocycles. The molecule has 0 spiro atoms. The predicted molar refractivity (Wildman–Crippen MR) is 99.5 cm³/mol. The van der Waals surface area contributed by atoms with Crippen molar-refractivity contribution in [3.05, 3.63) is 47.7 Å². The van der Waals surface area contributed by atoms with Gasteiger partial charge in [-0.05, 0) is 37.1 Å². The van der Waals surface area contributed by atoms with E-state index in [1.165, 1.54) is 25.4 Å². The Balaban J connectivity index is 1.43. The molecule has 2 aromatic rings. The lowest BCUT2D eigenvalue weighted by molar-refractivity contribution is -0.136. The van der Waals surface area contributed by atoms with Crippen molar-refractivity contribution in [2.45, 2.75) is 12.8 Å². The zero-order valence-corrected chi connectivity index (χ0v) is 15.6. The number of carbonyl (C=O) groups excluding carboxylic acids is 3. The van der Waals surface area contributed by atoms with Crippen LogP contribution in [0.4, 0.5) is 10.2 Å². The van der Waals surface area contributed by atoms with Gasteiger partial charge in [-0.15, -0.1) is 10.2 Å². The summed E-state index contributed by atoms with van der Waals surface area (Å²) in [5.74, 6) is -1.40. The van der Waals surface area contributed by atoms with Gasteiger partial charge < -0.3 is 10.2 Å². The standard InChI is InChI=1S/C19H17FN6O3/c1-25-18(28)12-3-2-8-26(17(12)19(25)29)10-16(27)22-15-7-5-13(23-24-15)11-4-6-14(20)21-9-11/h4-7,9H,2-3,8,10H2,1H3,(H,22,24,27). The first kappa shape index (κ1) is 18.7. The van der Waals surface area contributed by atoms with E-state index in [0.29, 0.717) is 41.9 Å². The zero-order chi connectivity index (χ0) is 20.5. The van der Waals surface area contributed by atoms with Gasteiger partial charge in [-0.3, -0.25) is 19.3 Å². The van der Waals surface area contributed by atoms with Gasteiger partial charge >= 0.3 is 0 Å². The smallest absolute Gasteiger partial charge is 0.277 e. The van der Waals surface area contributed by atoms with Crippen LogP contribution in [-0.2, 0) is 14.4 Å². The number of hydrogen-bond acceptors (Lipinski definition) is 7. The van der Waals surface area contributed by atoms with Crippen LogP contribution < -0.4 is 5.32 Å². The average Bonchev–Trinajstić information content (AvgIpc) is 2.94. The minimum Gasteiger partial charge on any atom is -0.357 e. The molecule has 1 N–H and O–H groups in total. The lowest BCUT2D eigenvalue weighted by Gasteiger charge is -2.28. The van der Waals surface area contributed by atoms with Crippen molar-refractivity contribution in [2.24, 2.45) is 0 Å². The molecule has 2 aromatic heterocycles. The molecule has 0 fully saturated rings. The minimum atomic E-state index is -0.588. The van der Waals surface area contributed by atoms with Gasteiger partial charge in [0.2, 0.25) is 11.9 Å². The van der Waals surface area contributed by atoms with E-state index in [1.54, 1.807) is 17.0 Å². The molecule has 4 heterocycles. The van der Waals surface area contributed by atoms with Crippen LogP contribution >= 0.6 is 0 Å². The minimum absolute atomic E-state index is 0.0724. The number of aromatic nitrogens is 3. The maximum Gasteiger partial charge on any atom is 0.277 e. The highest BCUT2D eigenvalue weighted by molar-refractivity contribution is 6.19. The van der Waals surface area contributed by atoms with E-state index >= 15 is 0 Å². The van der Waals surface area contributed by atoms with Crippen LogP contribution in [0.15, 0.2) is 41.7 Å². The third-order valence-electron chi connectivity index (χ3n) is 4.82. The fourth-order valence-electron chi connectivity index (χ4n) is 3.39. The molecule has 0 unspecified atom stereocenters. The normalized spacial score (nSPS) is 16.3. The second-order valence-corrected chi connectivity index (χ2v) is 6.74. The Morgan fingerprint density at radius 1 is 1.17 bits per heavy atom. The van der Waals surface area contributed by atoms with Crippen molar-refractivity contribution in [1.82, 2.24) is 25.0 Å². The first-order chi connectivity index (χ1) is 13.9. The second-order valence-electron chi connectivity index (χ2n) is 6.74. The number of halogens is 1. The van der Waals surface area contributed by atoms with E-state index < -0.39 is 5.95 Å². The van der Waals surface area contributed by atoms with E-state index in [0.717, 1.165) is 4.90 Å². The maximum absolute atomic E-state index is 12.9. The summed E-state index contributed by atoms with van der Waals surface area (Å²) in [5.41, 5.74) is 1.86. The van der Waals surface area contributed by atoms with Gasteiger partial charge in [-0.2, -0.15) is 4.39 Å². The number of imide groups is 1. The third kappa shape index (κ3) is 3.56. The molecule has 0 atom stereocenters. The molecule has 0 saturated carbocycles.